The third-order valence-corrected chi connectivity index (χ3v) is 4.88. The highest BCUT2D eigenvalue weighted by Gasteiger charge is 2.38. The van der Waals surface area contributed by atoms with Crippen molar-refractivity contribution >= 4 is 23.3 Å². The molecule has 3 rings (SSSR count). The number of Topliss-reactive ketones (excluding diaryl/α,β-unsaturated/α-hetero) is 1. The molecule has 1 fully saturated rings. The Hall–Kier alpha value is -2.95. The first kappa shape index (κ1) is 17.9. The second-order valence-corrected chi connectivity index (χ2v) is 6.63. The Morgan fingerprint density at radius 2 is 1.81 bits per heavy atom. The summed E-state index contributed by atoms with van der Waals surface area (Å²) in [6.07, 6.45) is 0.854. The van der Waals surface area contributed by atoms with E-state index in [1.807, 2.05) is 30.3 Å². The zero-order valence-electron chi connectivity index (χ0n) is 14.9. The first-order chi connectivity index (χ1) is 12.5. The number of carbonyl (C=O) groups is 3. The van der Waals surface area contributed by atoms with E-state index < -0.39 is 0 Å². The lowest BCUT2D eigenvalue weighted by Crippen LogP contribution is -2.44. The Kier molecular flexibility index (Phi) is 5.16. The van der Waals surface area contributed by atoms with Gasteiger partial charge in [0.1, 0.15) is 0 Å². The summed E-state index contributed by atoms with van der Waals surface area (Å²) in [4.78, 5) is 38.3. The molecule has 1 saturated heterocycles. The second-order valence-electron chi connectivity index (χ2n) is 6.63. The Labute approximate surface area is 153 Å². The number of ketones is 1. The Balaban J connectivity index is 1.85. The molecule has 0 radical (unpaired) electrons. The number of hydrogen-bond acceptors (Lipinski definition) is 3. The van der Waals surface area contributed by atoms with E-state index in [0.29, 0.717) is 24.1 Å². The van der Waals surface area contributed by atoms with Crippen molar-refractivity contribution < 1.29 is 14.4 Å². The number of benzene rings is 2. The molecule has 0 bridgehead atoms. The Morgan fingerprint density at radius 1 is 1.08 bits per heavy atom. The summed E-state index contributed by atoms with van der Waals surface area (Å²) in [5.74, 6) is -0.493. The summed E-state index contributed by atoms with van der Waals surface area (Å²) in [6, 6.07) is 16.2. The minimum Gasteiger partial charge on any atom is -0.338 e. The average Bonchev–Trinajstić information content (AvgIpc) is 2.64. The van der Waals surface area contributed by atoms with Crippen molar-refractivity contribution in [2.45, 2.75) is 25.8 Å². The standard InChI is InChI=1S/C21H22N2O3/c1-14(24)16-9-6-10-17(13-16)22-21(26)18-11-12-19(25)23(2)20(18)15-7-4-3-5-8-15/h3-10,13,18,20H,11-12H2,1-2H3,(H,22,26)/t18-,20+/m1/s1. The number of anilines is 1. The van der Waals surface area contributed by atoms with Gasteiger partial charge in [0.15, 0.2) is 5.78 Å². The van der Waals surface area contributed by atoms with Crippen LogP contribution in [0.1, 0.15) is 41.7 Å². The highest BCUT2D eigenvalue weighted by molar-refractivity contribution is 5.98. The minimum atomic E-state index is -0.346. The number of nitrogens with one attached hydrogen (secondary N) is 1. The van der Waals surface area contributed by atoms with E-state index in [9.17, 15) is 14.4 Å². The molecule has 5 heteroatoms. The number of hydrogen-bond donors (Lipinski definition) is 1. The monoisotopic (exact) mass is 350 g/mol. The molecule has 0 aliphatic carbocycles. The summed E-state index contributed by atoms with van der Waals surface area (Å²) in [7, 11) is 1.75. The molecule has 134 valence electrons. The quantitative estimate of drug-likeness (QED) is 0.859. The van der Waals surface area contributed by atoms with Crippen molar-refractivity contribution in [1.82, 2.24) is 4.90 Å². The molecule has 26 heavy (non-hydrogen) atoms. The normalized spacial score (nSPS) is 19.9. The van der Waals surface area contributed by atoms with Crippen molar-refractivity contribution in [3.05, 3.63) is 65.7 Å². The van der Waals surface area contributed by atoms with Crippen molar-refractivity contribution in [3.63, 3.8) is 0 Å². The summed E-state index contributed by atoms with van der Waals surface area (Å²) < 4.78 is 0. The highest BCUT2D eigenvalue weighted by Crippen LogP contribution is 2.36. The summed E-state index contributed by atoms with van der Waals surface area (Å²) in [5.41, 5.74) is 2.09. The van der Waals surface area contributed by atoms with Gasteiger partial charge in [-0.15, -0.1) is 0 Å². The Morgan fingerprint density at radius 3 is 2.50 bits per heavy atom. The second kappa shape index (κ2) is 7.52. The van der Waals surface area contributed by atoms with E-state index in [1.165, 1.54) is 6.92 Å². The Bertz CT molecular complexity index is 832. The van der Waals surface area contributed by atoms with Gasteiger partial charge in [-0.2, -0.15) is 0 Å². The van der Waals surface area contributed by atoms with Crippen LogP contribution in [0.15, 0.2) is 54.6 Å². The number of likely N-dealkylation sites (tertiary alicyclic amines) is 1. The molecular formula is C21H22N2O3. The molecule has 1 aliphatic heterocycles. The van der Waals surface area contributed by atoms with Crippen LogP contribution in [-0.4, -0.2) is 29.5 Å². The molecular weight excluding hydrogens is 328 g/mol. The van der Waals surface area contributed by atoms with Crippen LogP contribution in [0.25, 0.3) is 0 Å². The van der Waals surface area contributed by atoms with Gasteiger partial charge in [-0.25, -0.2) is 0 Å². The molecule has 0 aromatic heterocycles. The van der Waals surface area contributed by atoms with Gasteiger partial charge in [0.25, 0.3) is 0 Å². The zero-order valence-corrected chi connectivity index (χ0v) is 14.9. The van der Waals surface area contributed by atoms with Crippen LogP contribution < -0.4 is 5.32 Å². The molecule has 1 aliphatic rings. The lowest BCUT2D eigenvalue weighted by molar-refractivity contribution is -0.140. The first-order valence-electron chi connectivity index (χ1n) is 8.70. The lowest BCUT2D eigenvalue weighted by Gasteiger charge is -2.38. The van der Waals surface area contributed by atoms with Crippen LogP contribution in [0.5, 0.6) is 0 Å². The number of amides is 2. The van der Waals surface area contributed by atoms with E-state index in [0.717, 1.165) is 5.56 Å². The van der Waals surface area contributed by atoms with Crippen LogP contribution in [0.3, 0.4) is 0 Å². The van der Waals surface area contributed by atoms with Gasteiger partial charge < -0.3 is 10.2 Å². The van der Waals surface area contributed by atoms with E-state index in [1.54, 1.807) is 36.2 Å². The molecule has 2 aromatic carbocycles. The fourth-order valence-electron chi connectivity index (χ4n) is 3.47. The number of rotatable bonds is 4. The van der Waals surface area contributed by atoms with Crippen molar-refractivity contribution in [2.24, 2.45) is 5.92 Å². The fourth-order valence-corrected chi connectivity index (χ4v) is 3.47. The van der Waals surface area contributed by atoms with Gasteiger partial charge in [-0.3, -0.25) is 14.4 Å². The molecule has 0 saturated carbocycles. The molecule has 1 heterocycles. The molecule has 2 atom stereocenters. The molecule has 0 spiro atoms. The van der Waals surface area contributed by atoms with Crippen LogP contribution in [0.2, 0.25) is 0 Å². The predicted molar refractivity (Wildman–Crippen MR) is 99.8 cm³/mol. The molecule has 2 aromatic rings. The van der Waals surface area contributed by atoms with Gasteiger partial charge in [0, 0.05) is 24.7 Å². The maximum Gasteiger partial charge on any atom is 0.229 e. The maximum atomic E-state index is 13.0. The molecule has 0 unspecified atom stereocenters. The van der Waals surface area contributed by atoms with Gasteiger partial charge >= 0.3 is 0 Å². The summed E-state index contributed by atoms with van der Waals surface area (Å²) in [5, 5.41) is 2.91. The summed E-state index contributed by atoms with van der Waals surface area (Å²) >= 11 is 0. The van der Waals surface area contributed by atoms with Crippen molar-refractivity contribution in [3.8, 4) is 0 Å². The lowest BCUT2D eigenvalue weighted by atomic mass is 9.84. The first-order valence-corrected chi connectivity index (χ1v) is 8.70. The molecule has 2 amide bonds. The summed E-state index contributed by atoms with van der Waals surface area (Å²) in [6.45, 7) is 1.49. The smallest absolute Gasteiger partial charge is 0.229 e. The van der Waals surface area contributed by atoms with Crippen LogP contribution >= 0.6 is 0 Å². The third-order valence-electron chi connectivity index (χ3n) is 4.88. The van der Waals surface area contributed by atoms with E-state index in [4.69, 9.17) is 0 Å². The largest absolute Gasteiger partial charge is 0.338 e. The average molecular weight is 350 g/mol. The van der Waals surface area contributed by atoms with Crippen LogP contribution in [0.4, 0.5) is 5.69 Å². The SMILES string of the molecule is CC(=O)c1cccc(NC(=O)[C@@H]2CCC(=O)N(C)[C@H]2c2ccccc2)c1. The zero-order chi connectivity index (χ0) is 18.7. The van der Waals surface area contributed by atoms with E-state index in [-0.39, 0.29) is 29.6 Å². The van der Waals surface area contributed by atoms with Gasteiger partial charge in [0.05, 0.1) is 12.0 Å². The van der Waals surface area contributed by atoms with Crippen molar-refractivity contribution in [2.75, 3.05) is 12.4 Å². The van der Waals surface area contributed by atoms with Gasteiger partial charge in [0.2, 0.25) is 11.8 Å². The minimum absolute atomic E-state index is 0.0430. The number of carbonyl (C=O) groups excluding carboxylic acids is 3. The van der Waals surface area contributed by atoms with Crippen molar-refractivity contribution in [1.29, 1.82) is 0 Å². The van der Waals surface area contributed by atoms with Gasteiger partial charge in [-0.05, 0) is 31.0 Å². The topological polar surface area (TPSA) is 66.5 Å². The van der Waals surface area contributed by atoms with Crippen LogP contribution in [0, 0.1) is 5.92 Å². The van der Waals surface area contributed by atoms with Gasteiger partial charge in [-0.1, -0.05) is 42.5 Å². The van der Waals surface area contributed by atoms with E-state index in [2.05, 4.69) is 5.32 Å². The van der Waals surface area contributed by atoms with Crippen LogP contribution in [-0.2, 0) is 9.59 Å². The highest BCUT2D eigenvalue weighted by atomic mass is 16.2. The predicted octanol–water partition coefficient (Wildman–Crippen LogP) is 3.44. The maximum absolute atomic E-state index is 13.0. The molecule has 5 nitrogen and oxygen atoms in total. The van der Waals surface area contributed by atoms with E-state index >= 15 is 0 Å². The molecule has 1 N–H and O–H groups in total. The fraction of sp³-hybridized carbons (Fsp3) is 0.286. The number of piperidine rings is 1. The third kappa shape index (κ3) is 3.67. The number of nitrogens with zero attached hydrogens (tertiary/aromatic N) is 1.